The van der Waals surface area contributed by atoms with Crippen molar-refractivity contribution in [3.63, 3.8) is 0 Å². The van der Waals surface area contributed by atoms with E-state index >= 15 is 0 Å². The van der Waals surface area contributed by atoms with Crippen molar-refractivity contribution in [3.05, 3.63) is 12.2 Å². The first-order valence-electron chi connectivity index (χ1n) is 3.77. The first-order chi connectivity index (χ1) is 4.91. The van der Waals surface area contributed by atoms with Gasteiger partial charge in [-0.25, -0.2) is 0 Å². The Hall–Kier alpha value is -0.790. The SMILES string of the molecule is C/C=C/C(C)(C)C(=O)N(C)C. The maximum atomic E-state index is 11.4. The van der Waals surface area contributed by atoms with Gasteiger partial charge in [0.25, 0.3) is 0 Å². The minimum absolute atomic E-state index is 0.135. The second-order valence-corrected chi connectivity index (χ2v) is 3.42. The first kappa shape index (κ1) is 10.2. The van der Waals surface area contributed by atoms with Gasteiger partial charge in [0.1, 0.15) is 0 Å². The van der Waals surface area contributed by atoms with E-state index in [4.69, 9.17) is 0 Å². The van der Waals surface area contributed by atoms with Gasteiger partial charge in [-0.15, -0.1) is 0 Å². The Balaban J connectivity index is 4.42. The second-order valence-electron chi connectivity index (χ2n) is 3.42. The summed E-state index contributed by atoms with van der Waals surface area (Å²) in [4.78, 5) is 13.0. The molecule has 0 aliphatic heterocycles. The van der Waals surface area contributed by atoms with Crippen LogP contribution in [0.1, 0.15) is 20.8 Å². The molecule has 64 valence electrons. The van der Waals surface area contributed by atoms with Crippen molar-refractivity contribution in [1.29, 1.82) is 0 Å². The number of carbonyl (C=O) groups is 1. The Labute approximate surface area is 68.9 Å². The third-order valence-electron chi connectivity index (χ3n) is 1.54. The normalized spacial score (nSPS) is 12.1. The Morgan fingerprint density at radius 1 is 1.36 bits per heavy atom. The van der Waals surface area contributed by atoms with Gasteiger partial charge in [-0.3, -0.25) is 4.79 Å². The van der Waals surface area contributed by atoms with Crippen LogP contribution in [0.4, 0.5) is 0 Å². The van der Waals surface area contributed by atoms with E-state index in [0.29, 0.717) is 0 Å². The van der Waals surface area contributed by atoms with Gasteiger partial charge in [-0.05, 0) is 20.8 Å². The summed E-state index contributed by atoms with van der Waals surface area (Å²) in [5.41, 5.74) is -0.363. The highest BCUT2D eigenvalue weighted by Crippen LogP contribution is 2.18. The van der Waals surface area contributed by atoms with Gasteiger partial charge in [0.2, 0.25) is 5.91 Å². The molecule has 11 heavy (non-hydrogen) atoms. The van der Waals surface area contributed by atoms with E-state index in [9.17, 15) is 4.79 Å². The molecule has 0 unspecified atom stereocenters. The van der Waals surface area contributed by atoms with Crippen LogP contribution < -0.4 is 0 Å². The predicted octanol–water partition coefficient (Wildman–Crippen LogP) is 1.68. The number of amides is 1. The molecule has 0 bridgehead atoms. The fourth-order valence-corrected chi connectivity index (χ4v) is 1.06. The summed E-state index contributed by atoms with van der Waals surface area (Å²) < 4.78 is 0. The molecule has 0 aromatic rings. The zero-order valence-corrected chi connectivity index (χ0v) is 8.01. The van der Waals surface area contributed by atoms with Crippen molar-refractivity contribution < 1.29 is 4.79 Å². The molecule has 2 heteroatoms. The van der Waals surface area contributed by atoms with Gasteiger partial charge in [-0.2, -0.15) is 0 Å². The molecule has 0 spiro atoms. The molecule has 0 rings (SSSR count). The molecule has 0 fully saturated rings. The highest BCUT2D eigenvalue weighted by Gasteiger charge is 2.25. The van der Waals surface area contributed by atoms with Crippen LogP contribution in [-0.2, 0) is 4.79 Å². The predicted molar refractivity (Wildman–Crippen MR) is 47.3 cm³/mol. The van der Waals surface area contributed by atoms with Crippen LogP contribution in [0.25, 0.3) is 0 Å². The monoisotopic (exact) mass is 155 g/mol. The number of hydrogen-bond donors (Lipinski definition) is 0. The lowest BCUT2D eigenvalue weighted by Crippen LogP contribution is -2.34. The fourth-order valence-electron chi connectivity index (χ4n) is 1.06. The van der Waals surface area contributed by atoms with E-state index in [1.165, 1.54) is 0 Å². The van der Waals surface area contributed by atoms with E-state index in [2.05, 4.69) is 0 Å². The topological polar surface area (TPSA) is 20.3 Å². The lowest BCUT2D eigenvalue weighted by molar-refractivity contribution is -0.135. The van der Waals surface area contributed by atoms with E-state index in [-0.39, 0.29) is 11.3 Å². The summed E-state index contributed by atoms with van der Waals surface area (Å²) in [6.07, 6.45) is 3.82. The smallest absolute Gasteiger partial charge is 0.231 e. The molecule has 1 amide bonds. The standard InChI is InChI=1S/C9H17NO/c1-6-7-9(2,3)8(11)10(4)5/h6-7H,1-5H3/b7-6+. The zero-order chi connectivity index (χ0) is 9.07. The lowest BCUT2D eigenvalue weighted by Gasteiger charge is -2.23. The minimum Gasteiger partial charge on any atom is -0.348 e. The Morgan fingerprint density at radius 3 is 2.09 bits per heavy atom. The third-order valence-corrected chi connectivity index (χ3v) is 1.54. The highest BCUT2D eigenvalue weighted by atomic mass is 16.2. The quantitative estimate of drug-likeness (QED) is 0.555. The van der Waals surface area contributed by atoms with Crippen LogP contribution in [0.2, 0.25) is 0 Å². The van der Waals surface area contributed by atoms with E-state index in [1.807, 2.05) is 32.9 Å². The molecule has 0 aromatic carbocycles. The number of hydrogen-bond acceptors (Lipinski definition) is 1. The highest BCUT2D eigenvalue weighted by molar-refractivity contribution is 5.83. The first-order valence-corrected chi connectivity index (χ1v) is 3.77. The van der Waals surface area contributed by atoms with E-state index in [1.54, 1.807) is 19.0 Å². The average molecular weight is 155 g/mol. The minimum atomic E-state index is -0.363. The van der Waals surface area contributed by atoms with Crippen LogP contribution in [0.5, 0.6) is 0 Å². The molecule has 0 aromatic heterocycles. The van der Waals surface area contributed by atoms with Crippen LogP contribution in [0.3, 0.4) is 0 Å². The second kappa shape index (κ2) is 3.56. The summed E-state index contributed by atoms with van der Waals surface area (Å²) in [6.45, 7) is 5.75. The van der Waals surface area contributed by atoms with Crippen molar-refractivity contribution in [2.75, 3.05) is 14.1 Å². The lowest BCUT2D eigenvalue weighted by atomic mass is 9.91. The van der Waals surface area contributed by atoms with Crippen LogP contribution in [0, 0.1) is 5.41 Å². The Kier molecular flexibility index (Phi) is 3.30. The van der Waals surface area contributed by atoms with E-state index in [0.717, 1.165) is 0 Å². The van der Waals surface area contributed by atoms with Crippen molar-refractivity contribution in [1.82, 2.24) is 4.90 Å². The van der Waals surface area contributed by atoms with Crippen LogP contribution >= 0.6 is 0 Å². The number of allylic oxidation sites excluding steroid dienone is 1. The maximum absolute atomic E-state index is 11.4. The molecule has 0 heterocycles. The third kappa shape index (κ3) is 2.74. The molecule has 0 aliphatic carbocycles. The van der Waals surface area contributed by atoms with Crippen molar-refractivity contribution in [3.8, 4) is 0 Å². The van der Waals surface area contributed by atoms with Crippen molar-refractivity contribution in [2.24, 2.45) is 5.41 Å². The summed E-state index contributed by atoms with van der Waals surface area (Å²) in [7, 11) is 3.54. The molecule has 0 saturated carbocycles. The molecule has 0 atom stereocenters. The fraction of sp³-hybridized carbons (Fsp3) is 0.667. The van der Waals surface area contributed by atoms with Gasteiger partial charge in [0, 0.05) is 14.1 Å². The van der Waals surface area contributed by atoms with Crippen LogP contribution in [-0.4, -0.2) is 24.9 Å². The molecular weight excluding hydrogens is 138 g/mol. The molecule has 2 nitrogen and oxygen atoms in total. The van der Waals surface area contributed by atoms with Gasteiger partial charge >= 0.3 is 0 Å². The largest absolute Gasteiger partial charge is 0.348 e. The molecule has 0 saturated heterocycles. The number of rotatable bonds is 2. The Bertz CT molecular complexity index is 168. The maximum Gasteiger partial charge on any atom is 0.231 e. The average Bonchev–Trinajstić information content (AvgIpc) is 1.86. The van der Waals surface area contributed by atoms with Crippen LogP contribution in [0.15, 0.2) is 12.2 Å². The Morgan fingerprint density at radius 2 is 1.82 bits per heavy atom. The summed E-state index contributed by atoms with van der Waals surface area (Å²) in [5.74, 6) is 0.135. The summed E-state index contributed by atoms with van der Waals surface area (Å²) in [6, 6.07) is 0. The summed E-state index contributed by atoms with van der Waals surface area (Å²) >= 11 is 0. The molecule has 0 aliphatic rings. The number of nitrogens with zero attached hydrogens (tertiary/aromatic N) is 1. The van der Waals surface area contributed by atoms with E-state index < -0.39 is 0 Å². The molecule has 0 radical (unpaired) electrons. The zero-order valence-electron chi connectivity index (χ0n) is 8.01. The molecule has 0 N–H and O–H groups in total. The van der Waals surface area contributed by atoms with Gasteiger partial charge < -0.3 is 4.90 Å². The number of carbonyl (C=O) groups excluding carboxylic acids is 1. The summed E-state index contributed by atoms with van der Waals surface area (Å²) in [5, 5.41) is 0. The van der Waals surface area contributed by atoms with Gasteiger partial charge in [-0.1, -0.05) is 12.2 Å². The van der Waals surface area contributed by atoms with Gasteiger partial charge in [0.15, 0.2) is 0 Å². The van der Waals surface area contributed by atoms with Gasteiger partial charge in [0.05, 0.1) is 5.41 Å². The molecular formula is C9H17NO. The van der Waals surface area contributed by atoms with Crippen molar-refractivity contribution >= 4 is 5.91 Å². The van der Waals surface area contributed by atoms with Crippen molar-refractivity contribution in [2.45, 2.75) is 20.8 Å².